The summed E-state index contributed by atoms with van der Waals surface area (Å²) in [5.74, 6) is 1.31. The summed E-state index contributed by atoms with van der Waals surface area (Å²) < 4.78 is 11.3. The average Bonchev–Trinajstić information content (AvgIpc) is 2.98. The molecule has 0 fully saturated rings. The van der Waals surface area contributed by atoms with E-state index in [0.717, 1.165) is 6.42 Å². The molecule has 2 atom stereocenters. The van der Waals surface area contributed by atoms with Crippen molar-refractivity contribution in [1.29, 1.82) is 5.26 Å². The summed E-state index contributed by atoms with van der Waals surface area (Å²) in [7, 11) is 0. The molecule has 0 bridgehead atoms. The standard InChI is InChI=1S/C15H16N2O2/c1-2-13(17)15(14-7-4-8-18-14)19-12-6-3-5-11(9-12)10-16/h3-9,13,15H,2,17H2,1H3. The van der Waals surface area contributed by atoms with Crippen molar-refractivity contribution in [2.24, 2.45) is 5.73 Å². The Labute approximate surface area is 112 Å². The van der Waals surface area contributed by atoms with Crippen LogP contribution < -0.4 is 10.5 Å². The van der Waals surface area contributed by atoms with Gasteiger partial charge >= 0.3 is 0 Å². The third kappa shape index (κ3) is 3.15. The molecule has 0 saturated heterocycles. The van der Waals surface area contributed by atoms with Gasteiger partial charge < -0.3 is 14.9 Å². The van der Waals surface area contributed by atoms with Gasteiger partial charge in [-0.25, -0.2) is 0 Å². The van der Waals surface area contributed by atoms with Crippen LogP contribution in [-0.2, 0) is 0 Å². The molecule has 4 nitrogen and oxygen atoms in total. The molecule has 2 unspecified atom stereocenters. The van der Waals surface area contributed by atoms with Crippen molar-refractivity contribution >= 4 is 0 Å². The third-order valence-corrected chi connectivity index (χ3v) is 2.91. The summed E-state index contributed by atoms with van der Waals surface area (Å²) in [6, 6.07) is 12.6. The summed E-state index contributed by atoms with van der Waals surface area (Å²) in [5, 5.41) is 8.89. The molecule has 1 aromatic carbocycles. The highest BCUT2D eigenvalue weighted by Gasteiger charge is 2.23. The van der Waals surface area contributed by atoms with E-state index in [9.17, 15) is 0 Å². The molecule has 2 rings (SSSR count). The molecule has 2 aromatic rings. The van der Waals surface area contributed by atoms with E-state index >= 15 is 0 Å². The van der Waals surface area contributed by atoms with Gasteiger partial charge in [-0.05, 0) is 36.8 Å². The Morgan fingerprint density at radius 1 is 1.37 bits per heavy atom. The van der Waals surface area contributed by atoms with Crippen molar-refractivity contribution in [1.82, 2.24) is 0 Å². The fraction of sp³-hybridized carbons (Fsp3) is 0.267. The summed E-state index contributed by atoms with van der Waals surface area (Å²) in [6.45, 7) is 2.00. The minimum atomic E-state index is -0.353. The quantitative estimate of drug-likeness (QED) is 0.892. The van der Waals surface area contributed by atoms with Gasteiger partial charge in [-0.15, -0.1) is 0 Å². The van der Waals surface area contributed by atoms with Gasteiger partial charge in [0.2, 0.25) is 0 Å². The molecular weight excluding hydrogens is 240 g/mol. The molecule has 2 N–H and O–H groups in total. The number of benzene rings is 1. The Kier molecular flexibility index (Phi) is 4.22. The number of rotatable bonds is 5. The Bertz CT molecular complexity index is 558. The lowest BCUT2D eigenvalue weighted by atomic mass is 10.1. The van der Waals surface area contributed by atoms with Crippen molar-refractivity contribution in [2.75, 3.05) is 0 Å². The number of nitriles is 1. The predicted octanol–water partition coefficient (Wildman–Crippen LogP) is 3.01. The van der Waals surface area contributed by atoms with Gasteiger partial charge in [0.1, 0.15) is 11.5 Å². The van der Waals surface area contributed by atoms with E-state index < -0.39 is 0 Å². The number of furan rings is 1. The van der Waals surface area contributed by atoms with Gasteiger partial charge in [0.05, 0.1) is 17.9 Å². The average molecular weight is 256 g/mol. The maximum Gasteiger partial charge on any atom is 0.171 e. The normalized spacial score (nSPS) is 13.5. The molecule has 19 heavy (non-hydrogen) atoms. The number of hydrogen-bond donors (Lipinski definition) is 1. The van der Waals surface area contributed by atoms with Gasteiger partial charge in [0, 0.05) is 6.04 Å². The molecule has 0 aliphatic heterocycles. The molecule has 0 aliphatic rings. The first-order valence-corrected chi connectivity index (χ1v) is 6.20. The van der Waals surface area contributed by atoms with Crippen LogP contribution in [0.3, 0.4) is 0 Å². The van der Waals surface area contributed by atoms with Crippen LogP contribution in [0.15, 0.2) is 47.1 Å². The van der Waals surface area contributed by atoms with Crippen LogP contribution in [0.25, 0.3) is 0 Å². The second-order valence-electron chi connectivity index (χ2n) is 4.27. The van der Waals surface area contributed by atoms with Crippen LogP contribution >= 0.6 is 0 Å². The van der Waals surface area contributed by atoms with Crippen LogP contribution in [0.2, 0.25) is 0 Å². The van der Waals surface area contributed by atoms with Gasteiger partial charge in [-0.2, -0.15) is 5.26 Å². The Morgan fingerprint density at radius 2 is 2.21 bits per heavy atom. The molecule has 0 radical (unpaired) electrons. The minimum absolute atomic E-state index is 0.170. The number of ether oxygens (including phenoxy) is 1. The topological polar surface area (TPSA) is 72.2 Å². The van der Waals surface area contributed by atoms with Gasteiger partial charge in [0.15, 0.2) is 6.10 Å². The van der Waals surface area contributed by atoms with Crippen LogP contribution in [0.1, 0.15) is 30.8 Å². The highest BCUT2D eigenvalue weighted by Crippen LogP contribution is 2.26. The molecule has 4 heteroatoms. The fourth-order valence-electron chi connectivity index (χ4n) is 1.81. The number of nitrogens with two attached hydrogens (primary N) is 1. The SMILES string of the molecule is CCC(N)C(Oc1cccc(C#N)c1)c1ccco1. The van der Waals surface area contributed by atoms with E-state index in [1.807, 2.05) is 13.0 Å². The second kappa shape index (κ2) is 6.07. The minimum Gasteiger partial charge on any atom is -0.481 e. The van der Waals surface area contributed by atoms with E-state index in [2.05, 4.69) is 6.07 Å². The zero-order valence-corrected chi connectivity index (χ0v) is 10.7. The Morgan fingerprint density at radius 3 is 2.84 bits per heavy atom. The van der Waals surface area contributed by atoms with Crippen molar-refractivity contribution in [3.63, 3.8) is 0 Å². The van der Waals surface area contributed by atoms with Crippen LogP contribution in [0.4, 0.5) is 0 Å². The van der Waals surface area contributed by atoms with Gasteiger partial charge in [-0.3, -0.25) is 0 Å². The molecule has 0 spiro atoms. The molecule has 0 saturated carbocycles. The maximum atomic E-state index is 8.89. The van der Waals surface area contributed by atoms with Crippen molar-refractivity contribution in [3.8, 4) is 11.8 Å². The highest BCUT2D eigenvalue weighted by atomic mass is 16.5. The zero-order valence-electron chi connectivity index (χ0n) is 10.7. The van der Waals surface area contributed by atoms with Gasteiger partial charge in [0.25, 0.3) is 0 Å². The summed E-state index contributed by atoms with van der Waals surface area (Å²) in [6.07, 6.45) is 2.01. The largest absolute Gasteiger partial charge is 0.481 e. The maximum absolute atomic E-state index is 8.89. The first kappa shape index (κ1) is 13.2. The fourth-order valence-corrected chi connectivity index (χ4v) is 1.81. The van der Waals surface area contributed by atoms with E-state index in [-0.39, 0.29) is 12.1 Å². The van der Waals surface area contributed by atoms with Crippen LogP contribution in [0.5, 0.6) is 5.75 Å². The first-order valence-electron chi connectivity index (χ1n) is 6.20. The first-order chi connectivity index (χ1) is 9.24. The van der Waals surface area contributed by atoms with Gasteiger partial charge in [-0.1, -0.05) is 13.0 Å². The lowest BCUT2D eigenvalue weighted by Crippen LogP contribution is -2.31. The molecule has 98 valence electrons. The smallest absolute Gasteiger partial charge is 0.171 e. The Hall–Kier alpha value is -2.25. The van der Waals surface area contributed by atoms with Crippen LogP contribution in [-0.4, -0.2) is 6.04 Å². The van der Waals surface area contributed by atoms with E-state index in [4.69, 9.17) is 20.1 Å². The van der Waals surface area contributed by atoms with E-state index in [1.165, 1.54) is 0 Å². The second-order valence-corrected chi connectivity index (χ2v) is 4.27. The molecule has 1 aromatic heterocycles. The van der Waals surface area contributed by atoms with Crippen LogP contribution in [0, 0.1) is 11.3 Å². The van der Waals surface area contributed by atoms with E-state index in [1.54, 1.807) is 36.6 Å². The predicted molar refractivity (Wildman–Crippen MR) is 71.5 cm³/mol. The zero-order chi connectivity index (χ0) is 13.7. The monoisotopic (exact) mass is 256 g/mol. The summed E-state index contributed by atoms with van der Waals surface area (Å²) >= 11 is 0. The van der Waals surface area contributed by atoms with Crippen molar-refractivity contribution < 1.29 is 9.15 Å². The Balaban J connectivity index is 2.23. The molecule has 0 aliphatic carbocycles. The lowest BCUT2D eigenvalue weighted by molar-refractivity contribution is 0.144. The summed E-state index contributed by atoms with van der Waals surface area (Å²) in [5.41, 5.74) is 6.63. The number of hydrogen-bond acceptors (Lipinski definition) is 4. The third-order valence-electron chi connectivity index (χ3n) is 2.91. The lowest BCUT2D eigenvalue weighted by Gasteiger charge is -2.22. The highest BCUT2D eigenvalue weighted by molar-refractivity contribution is 5.36. The molecule has 0 amide bonds. The molecule has 1 heterocycles. The van der Waals surface area contributed by atoms with Crippen molar-refractivity contribution in [2.45, 2.75) is 25.5 Å². The van der Waals surface area contributed by atoms with Crippen molar-refractivity contribution in [3.05, 3.63) is 54.0 Å². The molecular formula is C15H16N2O2. The summed E-state index contributed by atoms with van der Waals surface area (Å²) in [4.78, 5) is 0. The number of nitrogens with zero attached hydrogens (tertiary/aromatic N) is 1. The van der Waals surface area contributed by atoms with E-state index in [0.29, 0.717) is 17.1 Å².